The average molecular weight is 278 g/mol. The van der Waals surface area contributed by atoms with Gasteiger partial charge in [-0.15, -0.1) is 6.42 Å². The molecule has 0 bridgehead atoms. The van der Waals surface area contributed by atoms with Gasteiger partial charge >= 0.3 is 0 Å². The number of benzene rings is 2. The molecule has 0 saturated heterocycles. The summed E-state index contributed by atoms with van der Waals surface area (Å²) in [6.45, 7) is 2.79. The minimum Gasteiger partial charge on any atom is -0.376 e. The summed E-state index contributed by atoms with van der Waals surface area (Å²) in [6.07, 6.45) is 5.34. The normalized spacial score (nSPS) is 9.71. The first-order valence-electron chi connectivity index (χ1n) is 6.80. The third kappa shape index (κ3) is 4.70. The Hall–Kier alpha value is -2.73. The van der Waals surface area contributed by atoms with Gasteiger partial charge in [-0.1, -0.05) is 41.8 Å². The molecule has 106 valence electrons. The first-order chi connectivity index (χ1) is 10.2. The summed E-state index contributed by atoms with van der Waals surface area (Å²) in [4.78, 5) is 11.8. The van der Waals surface area contributed by atoms with Crippen LogP contribution in [0.3, 0.4) is 0 Å². The number of rotatable bonds is 5. The van der Waals surface area contributed by atoms with Crippen LogP contribution in [0.2, 0.25) is 0 Å². The number of terminal acetylenes is 1. The van der Waals surface area contributed by atoms with E-state index in [9.17, 15) is 4.79 Å². The maximum absolute atomic E-state index is 11.8. The first kappa shape index (κ1) is 14.7. The molecule has 0 radical (unpaired) electrons. The third-order valence-electron chi connectivity index (χ3n) is 3.09. The number of carbonyl (C=O) groups is 1. The Morgan fingerprint density at radius 3 is 2.67 bits per heavy atom. The zero-order chi connectivity index (χ0) is 15.1. The Balaban J connectivity index is 1.79. The lowest BCUT2D eigenvalue weighted by molar-refractivity contribution is -0.119. The van der Waals surface area contributed by atoms with E-state index in [4.69, 9.17) is 6.42 Å². The van der Waals surface area contributed by atoms with Crippen molar-refractivity contribution in [3.63, 3.8) is 0 Å². The van der Waals surface area contributed by atoms with Crippen molar-refractivity contribution in [2.24, 2.45) is 0 Å². The average Bonchev–Trinajstić information content (AvgIpc) is 2.52. The van der Waals surface area contributed by atoms with Gasteiger partial charge in [0, 0.05) is 17.8 Å². The minimum absolute atomic E-state index is 0.0540. The predicted octanol–water partition coefficient (Wildman–Crippen LogP) is 2.70. The van der Waals surface area contributed by atoms with Crippen LogP contribution in [0.5, 0.6) is 0 Å². The number of anilines is 1. The fourth-order valence-corrected chi connectivity index (χ4v) is 1.87. The summed E-state index contributed by atoms with van der Waals surface area (Å²) in [6, 6.07) is 15.5. The fraction of sp³-hybridized carbons (Fsp3) is 0.167. The summed E-state index contributed by atoms with van der Waals surface area (Å²) in [5.41, 5.74) is 3.93. The maximum Gasteiger partial charge on any atom is 0.239 e. The van der Waals surface area contributed by atoms with Crippen LogP contribution in [0.1, 0.15) is 16.7 Å². The molecule has 0 unspecified atom stereocenters. The topological polar surface area (TPSA) is 41.1 Å². The van der Waals surface area contributed by atoms with E-state index in [0.717, 1.165) is 16.8 Å². The van der Waals surface area contributed by atoms with Crippen LogP contribution in [0.25, 0.3) is 0 Å². The van der Waals surface area contributed by atoms with Crippen LogP contribution in [-0.4, -0.2) is 12.5 Å². The number of nitrogens with one attached hydrogen (secondary N) is 2. The van der Waals surface area contributed by atoms with Crippen LogP contribution < -0.4 is 10.6 Å². The van der Waals surface area contributed by atoms with Crippen molar-refractivity contribution in [1.82, 2.24) is 5.32 Å². The van der Waals surface area contributed by atoms with Crippen LogP contribution in [0.4, 0.5) is 5.69 Å². The molecule has 2 aromatic rings. The lowest BCUT2D eigenvalue weighted by Gasteiger charge is -2.08. The van der Waals surface area contributed by atoms with Gasteiger partial charge in [-0.25, -0.2) is 0 Å². The Bertz CT molecular complexity index is 654. The zero-order valence-corrected chi connectivity index (χ0v) is 12.0. The second-order valence-electron chi connectivity index (χ2n) is 4.84. The lowest BCUT2D eigenvalue weighted by atomic mass is 10.1. The van der Waals surface area contributed by atoms with Crippen LogP contribution in [0, 0.1) is 19.3 Å². The van der Waals surface area contributed by atoms with Crippen molar-refractivity contribution in [3.05, 3.63) is 65.2 Å². The van der Waals surface area contributed by atoms with Crippen LogP contribution >= 0.6 is 0 Å². The molecule has 2 aromatic carbocycles. The van der Waals surface area contributed by atoms with Crippen molar-refractivity contribution in [2.75, 3.05) is 11.9 Å². The summed E-state index contributed by atoms with van der Waals surface area (Å²) >= 11 is 0. The molecule has 0 fully saturated rings. The van der Waals surface area contributed by atoms with E-state index in [1.54, 1.807) is 0 Å². The molecule has 3 heteroatoms. The maximum atomic E-state index is 11.8. The van der Waals surface area contributed by atoms with Gasteiger partial charge in [0.05, 0.1) is 6.54 Å². The molecule has 21 heavy (non-hydrogen) atoms. The molecule has 0 aliphatic carbocycles. The second kappa shape index (κ2) is 7.16. The second-order valence-corrected chi connectivity index (χ2v) is 4.84. The van der Waals surface area contributed by atoms with Gasteiger partial charge in [-0.3, -0.25) is 4.79 Å². The number of aryl methyl sites for hydroxylation is 1. The molecule has 3 nitrogen and oxygen atoms in total. The summed E-state index contributed by atoms with van der Waals surface area (Å²) < 4.78 is 0. The van der Waals surface area contributed by atoms with Crippen molar-refractivity contribution in [1.29, 1.82) is 0 Å². The Kier molecular flexibility index (Phi) is 5.00. The van der Waals surface area contributed by atoms with Gasteiger partial charge in [-0.2, -0.15) is 0 Å². The SMILES string of the molecule is C#Cc1cccc(NCC(=O)NCc2ccc(C)cc2)c1. The number of amides is 1. The van der Waals surface area contributed by atoms with Gasteiger partial charge < -0.3 is 10.6 Å². The molecule has 0 saturated carbocycles. The number of carbonyl (C=O) groups excluding carboxylic acids is 1. The van der Waals surface area contributed by atoms with Crippen molar-refractivity contribution in [2.45, 2.75) is 13.5 Å². The zero-order valence-electron chi connectivity index (χ0n) is 12.0. The van der Waals surface area contributed by atoms with E-state index in [1.807, 2.05) is 55.5 Å². The highest BCUT2D eigenvalue weighted by Gasteiger charge is 2.01. The van der Waals surface area contributed by atoms with Crippen molar-refractivity contribution in [3.8, 4) is 12.3 Å². The van der Waals surface area contributed by atoms with Crippen molar-refractivity contribution < 1.29 is 4.79 Å². The Labute approximate surface area is 125 Å². The monoisotopic (exact) mass is 278 g/mol. The Morgan fingerprint density at radius 1 is 1.19 bits per heavy atom. The smallest absolute Gasteiger partial charge is 0.239 e. The molecule has 0 aromatic heterocycles. The highest BCUT2D eigenvalue weighted by Crippen LogP contribution is 2.09. The molecule has 0 aliphatic heterocycles. The third-order valence-corrected chi connectivity index (χ3v) is 3.09. The summed E-state index contributed by atoms with van der Waals surface area (Å²) in [7, 11) is 0. The summed E-state index contributed by atoms with van der Waals surface area (Å²) in [5, 5.41) is 5.93. The Morgan fingerprint density at radius 2 is 1.95 bits per heavy atom. The van der Waals surface area contributed by atoms with E-state index >= 15 is 0 Å². The largest absolute Gasteiger partial charge is 0.376 e. The molecule has 2 rings (SSSR count). The van der Waals surface area contributed by atoms with Gasteiger partial charge in [0.1, 0.15) is 0 Å². The molecule has 0 spiro atoms. The molecule has 1 amide bonds. The van der Waals surface area contributed by atoms with Crippen LogP contribution in [-0.2, 0) is 11.3 Å². The molecule has 2 N–H and O–H groups in total. The van der Waals surface area contributed by atoms with E-state index in [-0.39, 0.29) is 12.5 Å². The van der Waals surface area contributed by atoms with E-state index in [0.29, 0.717) is 6.54 Å². The predicted molar refractivity (Wildman–Crippen MR) is 85.9 cm³/mol. The molecule has 0 aliphatic rings. The van der Waals surface area contributed by atoms with Crippen LogP contribution in [0.15, 0.2) is 48.5 Å². The lowest BCUT2D eigenvalue weighted by Crippen LogP contribution is -2.29. The number of hydrogen-bond acceptors (Lipinski definition) is 2. The summed E-state index contributed by atoms with van der Waals surface area (Å²) in [5.74, 6) is 2.51. The minimum atomic E-state index is -0.0540. The molecule has 0 heterocycles. The van der Waals surface area contributed by atoms with E-state index < -0.39 is 0 Å². The molecular formula is C18H18N2O. The molecular weight excluding hydrogens is 260 g/mol. The fourth-order valence-electron chi connectivity index (χ4n) is 1.87. The quantitative estimate of drug-likeness (QED) is 0.826. The van der Waals surface area contributed by atoms with Crippen molar-refractivity contribution >= 4 is 11.6 Å². The van der Waals surface area contributed by atoms with Gasteiger partial charge in [0.25, 0.3) is 0 Å². The standard InChI is InChI=1S/C18H18N2O/c1-3-15-5-4-6-17(11-15)19-13-18(21)20-12-16-9-7-14(2)8-10-16/h1,4-11,19H,12-13H2,2H3,(H,20,21). The van der Waals surface area contributed by atoms with E-state index in [1.165, 1.54) is 5.56 Å². The number of hydrogen-bond donors (Lipinski definition) is 2. The van der Waals surface area contributed by atoms with Gasteiger partial charge in [0.15, 0.2) is 0 Å². The van der Waals surface area contributed by atoms with E-state index in [2.05, 4.69) is 16.6 Å². The van der Waals surface area contributed by atoms with Gasteiger partial charge in [0.2, 0.25) is 5.91 Å². The highest BCUT2D eigenvalue weighted by atomic mass is 16.1. The molecule has 0 atom stereocenters. The highest BCUT2D eigenvalue weighted by molar-refractivity contribution is 5.80. The first-order valence-corrected chi connectivity index (χ1v) is 6.80. The van der Waals surface area contributed by atoms with Gasteiger partial charge in [-0.05, 0) is 30.7 Å².